The summed E-state index contributed by atoms with van der Waals surface area (Å²) in [6.45, 7) is 3.06. The van der Waals surface area contributed by atoms with Crippen LogP contribution in [-0.4, -0.2) is 41.8 Å². The molecule has 0 aliphatic carbocycles. The molecule has 4 aliphatic heterocycles. The fourth-order valence-electron chi connectivity index (χ4n) is 6.53. The summed E-state index contributed by atoms with van der Waals surface area (Å²) in [5, 5.41) is -0.156. The van der Waals surface area contributed by atoms with Gasteiger partial charge in [-0.15, -0.1) is 0 Å². The number of fused-ring (bicyclic) bond motifs is 7. The number of carbonyl (C=O) groups is 3. The average molecular weight is 454 g/mol. The zero-order chi connectivity index (χ0) is 22.4. The molecule has 0 bridgehead atoms. The molecular weight excluding hydrogens is 433 g/mol. The van der Waals surface area contributed by atoms with Crippen molar-refractivity contribution in [2.24, 2.45) is 11.8 Å². The second-order valence-electron chi connectivity index (χ2n) is 8.85. The van der Waals surface area contributed by atoms with Gasteiger partial charge in [0.15, 0.2) is 0 Å². The summed E-state index contributed by atoms with van der Waals surface area (Å²) in [6.07, 6.45) is 1.61. The number of hydrogen-bond donors (Lipinski definition) is 0. The molecule has 4 atom stereocenters. The topological polar surface area (TPSA) is 60.9 Å². The predicted molar refractivity (Wildman–Crippen MR) is 117 cm³/mol. The van der Waals surface area contributed by atoms with Crippen LogP contribution in [0.2, 0.25) is 5.02 Å². The molecular formula is C24H21ClFN3O3. The van der Waals surface area contributed by atoms with Crippen molar-refractivity contribution in [2.45, 2.75) is 31.3 Å². The monoisotopic (exact) mass is 453 g/mol. The Kier molecular flexibility index (Phi) is 4.11. The van der Waals surface area contributed by atoms with Crippen molar-refractivity contribution >= 4 is 40.7 Å². The van der Waals surface area contributed by atoms with E-state index < -0.39 is 29.1 Å². The quantitative estimate of drug-likeness (QED) is 0.654. The lowest BCUT2D eigenvalue weighted by atomic mass is 9.75. The Labute approximate surface area is 189 Å². The van der Waals surface area contributed by atoms with Crippen LogP contribution in [-0.2, 0) is 19.9 Å². The third-order valence-corrected chi connectivity index (χ3v) is 7.91. The van der Waals surface area contributed by atoms with E-state index in [0.717, 1.165) is 35.1 Å². The highest BCUT2D eigenvalue weighted by Gasteiger charge is 2.75. The van der Waals surface area contributed by atoms with Gasteiger partial charge >= 0.3 is 0 Å². The maximum absolute atomic E-state index is 14.0. The van der Waals surface area contributed by atoms with Crippen LogP contribution >= 0.6 is 11.6 Å². The standard InChI is InChI=1S/C24H21ClFN3O3/c1-2-27-17-7-4-3-6-14(17)24(23(27)32)20-19(18-8-5-11-28(18)24)21(30)29(22(20)31)13-9-10-16(26)15(25)12-13/h3-4,6-7,9-10,12,18-20H,2,5,8,11H2,1H3. The van der Waals surface area contributed by atoms with E-state index in [4.69, 9.17) is 11.6 Å². The second kappa shape index (κ2) is 6.62. The molecule has 2 aromatic rings. The summed E-state index contributed by atoms with van der Waals surface area (Å²) in [6, 6.07) is 11.2. The van der Waals surface area contributed by atoms with Gasteiger partial charge in [0.25, 0.3) is 5.91 Å². The number of anilines is 2. The van der Waals surface area contributed by atoms with Crippen molar-refractivity contribution in [1.82, 2.24) is 4.90 Å². The fraction of sp³-hybridized carbons (Fsp3) is 0.375. The number of halogens is 2. The first-order valence-corrected chi connectivity index (χ1v) is 11.3. The Morgan fingerprint density at radius 2 is 1.91 bits per heavy atom. The first-order valence-electron chi connectivity index (χ1n) is 10.9. The zero-order valence-corrected chi connectivity index (χ0v) is 18.2. The van der Waals surface area contributed by atoms with E-state index in [1.165, 1.54) is 12.1 Å². The fourth-order valence-corrected chi connectivity index (χ4v) is 6.71. The van der Waals surface area contributed by atoms with Crippen molar-refractivity contribution < 1.29 is 18.8 Å². The second-order valence-corrected chi connectivity index (χ2v) is 9.26. The van der Waals surface area contributed by atoms with Crippen LogP contribution < -0.4 is 9.80 Å². The minimum atomic E-state index is -1.19. The molecule has 3 amide bonds. The van der Waals surface area contributed by atoms with Crippen molar-refractivity contribution in [3.05, 3.63) is 58.9 Å². The van der Waals surface area contributed by atoms with Gasteiger partial charge in [0.1, 0.15) is 11.4 Å². The average Bonchev–Trinajstić information content (AvgIpc) is 3.48. The molecule has 6 rings (SSSR count). The van der Waals surface area contributed by atoms with Crippen LogP contribution in [0.1, 0.15) is 25.3 Å². The summed E-state index contributed by atoms with van der Waals surface area (Å²) >= 11 is 5.95. The molecule has 8 heteroatoms. The van der Waals surface area contributed by atoms with Crippen LogP contribution in [0.15, 0.2) is 42.5 Å². The molecule has 4 unspecified atom stereocenters. The number of amides is 3. The van der Waals surface area contributed by atoms with E-state index in [1.54, 1.807) is 4.90 Å². The van der Waals surface area contributed by atoms with Crippen molar-refractivity contribution in [3.63, 3.8) is 0 Å². The van der Waals surface area contributed by atoms with Gasteiger partial charge in [0.2, 0.25) is 11.8 Å². The largest absolute Gasteiger partial charge is 0.310 e. The number of para-hydroxylation sites is 1. The first kappa shape index (κ1) is 19.9. The third-order valence-electron chi connectivity index (χ3n) is 7.62. The molecule has 4 aliphatic rings. The van der Waals surface area contributed by atoms with Gasteiger partial charge in [-0.2, -0.15) is 0 Å². The maximum atomic E-state index is 14.0. The van der Waals surface area contributed by atoms with Crippen LogP contribution in [0, 0.1) is 17.7 Å². The molecule has 4 heterocycles. The van der Waals surface area contributed by atoms with Crippen molar-refractivity contribution in [2.75, 3.05) is 22.9 Å². The molecule has 1 spiro atoms. The number of nitrogens with zero attached hydrogens (tertiary/aromatic N) is 3. The van der Waals surface area contributed by atoms with Gasteiger partial charge in [0.05, 0.1) is 22.5 Å². The van der Waals surface area contributed by atoms with Gasteiger partial charge < -0.3 is 4.90 Å². The highest BCUT2D eigenvalue weighted by molar-refractivity contribution is 6.32. The number of hydrogen-bond acceptors (Lipinski definition) is 4. The third kappa shape index (κ3) is 2.16. The summed E-state index contributed by atoms with van der Waals surface area (Å²) in [5.74, 6) is -2.96. The Hall–Kier alpha value is -2.77. The van der Waals surface area contributed by atoms with Crippen molar-refractivity contribution in [3.8, 4) is 0 Å². The van der Waals surface area contributed by atoms with E-state index >= 15 is 0 Å². The van der Waals surface area contributed by atoms with Crippen LogP contribution in [0.3, 0.4) is 0 Å². The maximum Gasteiger partial charge on any atom is 0.253 e. The predicted octanol–water partition coefficient (Wildman–Crippen LogP) is 3.32. The first-order chi connectivity index (χ1) is 15.4. The Morgan fingerprint density at radius 3 is 2.66 bits per heavy atom. The number of carbonyl (C=O) groups excluding carboxylic acids is 3. The Bertz CT molecular complexity index is 1200. The van der Waals surface area contributed by atoms with E-state index in [1.807, 2.05) is 31.2 Å². The minimum absolute atomic E-state index is 0.138. The van der Waals surface area contributed by atoms with Gasteiger partial charge in [0, 0.05) is 23.8 Å². The molecule has 32 heavy (non-hydrogen) atoms. The molecule has 164 valence electrons. The number of likely N-dealkylation sites (N-methyl/N-ethyl adjacent to an activating group) is 1. The summed E-state index contributed by atoms with van der Waals surface area (Å²) in [4.78, 5) is 46.6. The van der Waals surface area contributed by atoms with Gasteiger partial charge in [-0.05, 0) is 50.6 Å². The molecule has 3 saturated heterocycles. The Morgan fingerprint density at radius 1 is 1.12 bits per heavy atom. The Balaban J connectivity index is 1.56. The van der Waals surface area contributed by atoms with Gasteiger partial charge in [-0.3, -0.25) is 19.3 Å². The zero-order valence-electron chi connectivity index (χ0n) is 17.4. The highest BCUT2D eigenvalue weighted by Crippen LogP contribution is 2.61. The highest BCUT2D eigenvalue weighted by atomic mass is 35.5. The number of imide groups is 1. The van der Waals surface area contributed by atoms with E-state index in [-0.39, 0.29) is 28.6 Å². The van der Waals surface area contributed by atoms with E-state index in [0.29, 0.717) is 13.1 Å². The lowest BCUT2D eigenvalue weighted by Gasteiger charge is -2.37. The van der Waals surface area contributed by atoms with Gasteiger partial charge in [-0.1, -0.05) is 29.8 Å². The molecule has 0 radical (unpaired) electrons. The molecule has 0 N–H and O–H groups in total. The molecule has 0 saturated carbocycles. The molecule has 3 fully saturated rings. The normalized spacial score (nSPS) is 31.1. The lowest BCUT2D eigenvalue weighted by Crippen LogP contribution is -2.56. The number of rotatable bonds is 2. The summed E-state index contributed by atoms with van der Waals surface area (Å²) in [5.41, 5.74) is 0.650. The lowest BCUT2D eigenvalue weighted by molar-refractivity contribution is -0.137. The summed E-state index contributed by atoms with van der Waals surface area (Å²) < 4.78 is 13.7. The smallest absolute Gasteiger partial charge is 0.253 e. The SMILES string of the molecule is CCN1C(=O)C2(c3ccccc31)C1C(=O)N(c3ccc(F)c(Cl)c3)C(=O)C1C1CCCN12. The molecule has 0 aromatic heterocycles. The molecule has 2 aromatic carbocycles. The number of benzene rings is 2. The van der Waals surface area contributed by atoms with Crippen LogP contribution in [0.5, 0.6) is 0 Å². The van der Waals surface area contributed by atoms with Gasteiger partial charge in [-0.25, -0.2) is 9.29 Å². The van der Waals surface area contributed by atoms with Crippen LogP contribution in [0.4, 0.5) is 15.8 Å². The van der Waals surface area contributed by atoms with Crippen molar-refractivity contribution in [1.29, 1.82) is 0 Å². The van der Waals surface area contributed by atoms with Crippen LogP contribution in [0.25, 0.3) is 0 Å². The summed E-state index contributed by atoms with van der Waals surface area (Å²) in [7, 11) is 0. The van der Waals surface area contributed by atoms with E-state index in [9.17, 15) is 18.8 Å². The minimum Gasteiger partial charge on any atom is -0.310 e. The van der Waals surface area contributed by atoms with E-state index in [2.05, 4.69) is 4.90 Å². The molecule has 6 nitrogen and oxygen atoms in total.